The average Bonchev–Trinajstić information content (AvgIpc) is 3.25. The molecule has 1 N–H and O–H groups in total. The summed E-state index contributed by atoms with van der Waals surface area (Å²) in [5.74, 6) is 0.567. The number of allylic oxidation sites excluding steroid dienone is 1. The second-order valence-electron chi connectivity index (χ2n) is 7.99. The number of hydrogen-bond donors (Lipinski definition) is 1. The van der Waals surface area contributed by atoms with Gasteiger partial charge in [0.15, 0.2) is 6.73 Å². The minimum absolute atomic E-state index is 0.0741. The zero-order valence-electron chi connectivity index (χ0n) is 15.0. The summed E-state index contributed by atoms with van der Waals surface area (Å²) < 4.78 is 5.78. The zero-order valence-corrected chi connectivity index (χ0v) is 15.0. The van der Waals surface area contributed by atoms with E-state index in [9.17, 15) is 9.90 Å². The fourth-order valence-corrected chi connectivity index (χ4v) is 3.25. The summed E-state index contributed by atoms with van der Waals surface area (Å²) in [6.45, 7) is 8.05. The van der Waals surface area contributed by atoms with Crippen LogP contribution in [0.2, 0.25) is 0 Å². The highest BCUT2D eigenvalue weighted by molar-refractivity contribution is 6.20. The Morgan fingerprint density at radius 3 is 2.50 bits per heavy atom. The number of amides is 1. The topological polar surface area (TPSA) is 49.8 Å². The third-order valence-corrected chi connectivity index (χ3v) is 5.58. The Labute approximate surface area is 144 Å². The predicted octanol–water partition coefficient (Wildman–Crippen LogP) is 3.56. The van der Waals surface area contributed by atoms with E-state index >= 15 is 0 Å². The number of aliphatic hydroxyl groups is 1. The molecule has 0 spiro atoms. The van der Waals surface area contributed by atoms with E-state index in [1.165, 1.54) is 0 Å². The standard InChI is InChI=1S/C20H27NO3/c1-14-17(15-8-6-5-7-9-15)18(23)21(13-24-14)19(2,3)16(22)12-20(4)10-11-20/h5-9,16,22H,10-13H2,1-4H3. The van der Waals surface area contributed by atoms with Crippen molar-refractivity contribution in [1.82, 2.24) is 4.90 Å². The molecule has 0 bridgehead atoms. The van der Waals surface area contributed by atoms with E-state index in [1.807, 2.05) is 51.1 Å². The van der Waals surface area contributed by atoms with Crippen molar-refractivity contribution < 1.29 is 14.6 Å². The van der Waals surface area contributed by atoms with Gasteiger partial charge in [-0.2, -0.15) is 0 Å². The van der Waals surface area contributed by atoms with Crippen LogP contribution in [-0.2, 0) is 9.53 Å². The molecule has 0 aromatic heterocycles. The van der Waals surface area contributed by atoms with Crippen molar-refractivity contribution in [2.45, 2.75) is 58.6 Å². The molecular weight excluding hydrogens is 302 g/mol. The van der Waals surface area contributed by atoms with E-state index in [4.69, 9.17) is 4.74 Å². The Morgan fingerprint density at radius 1 is 1.29 bits per heavy atom. The third kappa shape index (κ3) is 3.07. The molecule has 24 heavy (non-hydrogen) atoms. The summed E-state index contributed by atoms with van der Waals surface area (Å²) in [5.41, 5.74) is 0.984. The van der Waals surface area contributed by atoms with Gasteiger partial charge < -0.3 is 9.84 Å². The molecule has 1 atom stereocenters. The molecule has 1 aromatic carbocycles. The van der Waals surface area contributed by atoms with E-state index < -0.39 is 11.6 Å². The van der Waals surface area contributed by atoms with Crippen LogP contribution in [-0.4, -0.2) is 34.3 Å². The summed E-state index contributed by atoms with van der Waals surface area (Å²) in [5, 5.41) is 10.8. The van der Waals surface area contributed by atoms with Crippen molar-refractivity contribution in [3.63, 3.8) is 0 Å². The average molecular weight is 329 g/mol. The summed E-state index contributed by atoms with van der Waals surface area (Å²) in [6, 6.07) is 9.58. The van der Waals surface area contributed by atoms with Gasteiger partial charge in [0.2, 0.25) is 0 Å². The fourth-order valence-electron chi connectivity index (χ4n) is 3.25. The number of aliphatic hydroxyl groups excluding tert-OH is 1. The van der Waals surface area contributed by atoms with Crippen molar-refractivity contribution in [2.24, 2.45) is 5.41 Å². The molecule has 1 amide bonds. The highest BCUT2D eigenvalue weighted by Crippen LogP contribution is 2.50. The predicted molar refractivity (Wildman–Crippen MR) is 93.9 cm³/mol. The minimum atomic E-state index is -0.677. The first-order valence-electron chi connectivity index (χ1n) is 8.64. The molecule has 1 aliphatic carbocycles. The molecule has 4 heteroatoms. The smallest absolute Gasteiger partial charge is 0.261 e. The summed E-state index contributed by atoms with van der Waals surface area (Å²) in [7, 11) is 0. The molecule has 1 heterocycles. The maximum atomic E-state index is 13.1. The number of benzene rings is 1. The minimum Gasteiger partial charge on any atom is -0.477 e. The quantitative estimate of drug-likeness (QED) is 0.898. The van der Waals surface area contributed by atoms with E-state index in [0.717, 1.165) is 18.4 Å². The molecule has 130 valence electrons. The van der Waals surface area contributed by atoms with Crippen LogP contribution in [0.4, 0.5) is 0 Å². The number of nitrogens with zero attached hydrogens (tertiary/aromatic N) is 1. The van der Waals surface area contributed by atoms with Crippen molar-refractivity contribution in [1.29, 1.82) is 0 Å². The maximum Gasteiger partial charge on any atom is 0.261 e. The normalized spacial score (nSPS) is 21.5. The molecule has 2 aliphatic rings. The van der Waals surface area contributed by atoms with Gasteiger partial charge in [-0.25, -0.2) is 0 Å². The highest BCUT2D eigenvalue weighted by atomic mass is 16.5. The third-order valence-electron chi connectivity index (χ3n) is 5.58. The Bertz CT molecular complexity index is 659. The van der Waals surface area contributed by atoms with E-state index in [0.29, 0.717) is 17.8 Å². The number of hydrogen-bond acceptors (Lipinski definition) is 3. The largest absolute Gasteiger partial charge is 0.477 e. The zero-order chi connectivity index (χ0) is 17.5. The Kier molecular flexibility index (Phi) is 4.20. The number of ether oxygens (including phenoxy) is 1. The Balaban J connectivity index is 1.86. The second-order valence-corrected chi connectivity index (χ2v) is 7.99. The van der Waals surface area contributed by atoms with Gasteiger partial charge in [-0.3, -0.25) is 9.69 Å². The first kappa shape index (κ1) is 17.0. The van der Waals surface area contributed by atoms with E-state index in [1.54, 1.807) is 4.90 Å². The van der Waals surface area contributed by atoms with Crippen LogP contribution in [0.3, 0.4) is 0 Å². The van der Waals surface area contributed by atoms with Crippen molar-refractivity contribution in [3.8, 4) is 0 Å². The van der Waals surface area contributed by atoms with Gasteiger partial charge >= 0.3 is 0 Å². The molecule has 1 fully saturated rings. The number of carbonyl (C=O) groups is 1. The van der Waals surface area contributed by atoms with Gasteiger partial charge in [0, 0.05) is 0 Å². The number of rotatable bonds is 5. The van der Waals surface area contributed by atoms with Gasteiger partial charge in [0.1, 0.15) is 5.76 Å². The van der Waals surface area contributed by atoms with Crippen LogP contribution in [0.5, 0.6) is 0 Å². The summed E-state index contributed by atoms with van der Waals surface area (Å²) in [4.78, 5) is 14.8. The van der Waals surface area contributed by atoms with Gasteiger partial charge in [0.25, 0.3) is 5.91 Å². The molecule has 1 unspecified atom stereocenters. The maximum absolute atomic E-state index is 13.1. The van der Waals surface area contributed by atoms with Crippen molar-refractivity contribution >= 4 is 11.5 Å². The van der Waals surface area contributed by atoms with Gasteiger partial charge in [-0.15, -0.1) is 0 Å². The monoisotopic (exact) mass is 329 g/mol. The molecule has 1 saturated carbocycles. The lowest BCUT2D eigenvalue weighted by molar-refractivity contribution is -0.146. The van der Waals surface area contributed by atoms with Crippen LogP contribution in [0.1, 0.15) is 52.5 Å². The summed E-state index contributed by atoms with van der Waals surface area (Å²) >= 11 is 0. The lowest BCUT2D eigenvalue weighted by Crippen LogP contribution is -2.57. The van der Waals surface area contributed by atoms with Crippen LogP contribution in [0.25, 0.3) is 5.57 Å². The molecule has 0 radical (unpaired) electrons. The van der Waals surface area contributed by atoms with Crippen molar-refractivity contribution in [3.05, 3.63) is 41.7 Å². The molecule has 0 saturated heterocycles. The molecule has 4 nitrogen and oxygen atoms in total. The lowest BCUT2D eigenvalue weighted by atomic mass is 9.86. The first-order chi connectivity index (χ1) is 11.2. The Morgan fingerprint density at radius 2 is 1.92 bits per heavy atom. The van der Waals surface area contributed by atoms with Gasteiger partial charge in [-0.05, 0) is 51.0 Å². The van der Waals surface area contributed by atoms with Gasteiger partial charge in [0.05, 0.1) is 17.2 Å². The Hall–Kier alpha value is -1.81. The summed E-state index contributed by atoms with van der Waals surface area (Å²) in [6.07, 6.45) is 2.44. The first-order valence-corrected chi connectivity index (χ1v) is 8.64. The van der Waals surface area contributed by atoms with Crippen LogP contribution in [0, 0.1) is 5.41 Å². The van der Waals surface area contributed by atoms with Crippen molar-refractivity contribution in [2.75, 3.05) is 6.73 Å². The second kappa shape index (κ2) is 5.92. The van der Waals surface area contributed by atoms with Crippen LogP contribution >= 0.6 is 0 Å². The molecule has 1 aromatic rings. The van der Waals surface area contributed by atoms with Crippen LogP contribution < -0.4 is 0 Å². The fraction of sp³-hybridized carbons (Fsp3) is 0.550. The molecular formula is C20H27NO3. The van der Waals surface area contributed by atoms with E-state index in [2.05, 4.69) is 6.92 Å². The number of carbonyl (C=O) groups excluding carboxylic acids is 1. The SMILES string of the molecule is CC1=C(c2ccccc2)C(=O)N(C(C)(C)C(O)CC2(C)CC2)CO1. The lowest BCUT2D eigenvalue weighted by Gasteiger charge is -2.44. The van der Waals surface area contributed by atoms with Gasteiger partial charge in [-0.1, -0.05) is 37.3 Å². The molecule has 3 rings (SSSR count). The van der Waals surface area contributed by atoms with Crippen LogP contribution in [0.15, 0.2) is 36.1 Å². The molecule has 1 aliphatic heterocycles. The highest BCUT2D eigenvalue weighted by Gasteiger charge is 2.47. The van der Waals surface area contributed by atoms with E-state index in [-0.39, 0.29) is 18.1 Å².